The Kier molecular flexibility index (Phi) is 8.11. The molecule has 2 amide bonds. The average molecular weight is 347 g/mol. The first-order valence-electron chi connectivity index (χ1n) is 8.52. The summed E-state index contributed by atoms with van der Waals surface area (Å²) in [6.45, 7) is 6.99. The quantitative estimate of drug-likeness (QED) is 0.631. The van der Waals surface area contributed by atoms with Gasteiger partial charge in [-0.1, -0.05) is 30.3 Å². The third-order valence-corrected chi connectivity index (χ3v) is 3.31. The predicted octanol–water partition coefficient (Wildman–Crippen LogP) is 3.06. The molecule has 1 aromatic carbocycles. The number of amides is 2. The van der Waals surface area contributed by atoms with Crippen LogP contribution in [0.2, 0.25) is 0 Å². The van der Waals surface area contributed by atoms with Gasteiger partial charge in [-0.25, -0.2) is 4.79 Å². The lowest BCUT2D eigenvalue weighted by Crippen LogP contribution is -2.43. The maximum atomic E-state index is 11.8. The van der Waals surface area contributed by atoms with E-state index < -0.39 is 11.7 Å². The maximum absolute atomic E-state index is 11.8. The van der Waals surface area contributed by atoms with Gasteiger partial charge < -0.3 is 20.8 Å². The van der Waals surface area contributed by atoms with Crippen LogP contribution in [0.4, 0.5) is 4.79 Å². The zero-order valence-electron chi connectivity index (χ0n) is 15.5. The number of nitrogens with one attached hydrogen (secondary N) is 3. The lowest BCUT2D eigenvalue weighted by Gasteiger charge is -2.20. The van der Waals surface area contributed by atoms with Crippen LogP contribution in [0.25, 0.3) is 0 Å². The minimum absolute atomic E-state index is 0.142. The molecule has 1 aromatic rings. The number of rotatable bonds is 8. The van der Waals surface area contributed by atoms with E-state index in [1.165, 1.54) is 5.56 Å². The van der Waals surface area contributed by atoms with Crippen LogP contribution in [0, 0.1) is 5.41 Å². The normalized spacial score (nSPS) is 12.2. The molecule has 0 saturated heterocycles. The van der Waals surface area contributed by atoms with Gasteiger partial charge in [-0.05, 0) is 46.1 Å². The topological polar surface area (TPSA) is 91.3 Å². The highest BCUT2D eigenvalue weighted by atomic mass is 16.6. The van der Waals surface area contributed by atoms with E-state index in [1.54, 1.807) is 20.8 Å². The largest absolute Gasteiger partial charge is 0.444 e. The molecule has 3 N–H and O–H groups in total. The van der Waals surface area contributed by atoms with Gasteiger partial charge in [0.15, 0.2) is 0 Å². The second kappa shape index (κ2) is 9.81. The molecule has 0 heterocycles. The Balaban J connectivity index is 2.24. The van der Waals surface area contributed by atoms with Crippen LogP contribution in [0.1, 0.15) is 46.1 Å². The number of ether oxygens (including phenoxy) is 1. The number of benzene rings is 1. The Morgan fingerprint density at radius 1 is 1.20 bits per heavy atom. The van der Waals surface area contributed by atoms with Crippen molar-refractivity contribution in [2.75, 3.05) is 6.54 Å². The summed E-state index contributed by atoms with van der Waals surface area (Å²) in [6, 6.07) is 9.87. The Morgan fingerprint density at radius 2 is 1.84 bits per heavy atom. The zero-order valence-corrected chi connectivity index (χ0v) is 15.5. The van der Waals surface area contributed by atoms with Crippen molar-refractivity contribution in [3.63, 3.8) is 0 Å². The third-order valence-electron chi connectivity index (χ3n) is 3.31. The highest BCUT2D eigenvalue weighted by Crippen LogP contribution is 2.07. The molecule has 0 bridgehead atoms. The molecule has 0 fully saturated rings. The summed E-state index contributed by atoms with van der Waals surface area (Å²) in [6.07, 6.45) is 1.36. The van der Waals surface area contributed by atoms with Gasteiger partial charge in [-0.2, -0.15) is 0 Å². The van der Waals surface area contributed by atoms with Crippen molar-refractivity contribution >= 4 is 17.7 Å². The van der Waals surface area contributed by atoms with Crippen molar-refractivity contribution in [1.82, 2.24) is 10.6 Å². The molecule has 1 rings (SSSR count). The van der Waals surface area contributed by atoms with Gasteiger partial charge in [0.1, 0.15) is 12.1 Å². The molecule has 0 radical (unpaired) electrons. The number of carbonyl (C=O) groups is 2. The second-order valence-electron chi connectivity index (χ2n) is 7.12. The van der Waals surface area contributed by atoms with E-state index >= 15 is 0 Å². The summed E-state index contributed by atoms with van der Waals surface area (Å²) in [7, 11) is 0. The van der Waals surface area contributed by atoms with Gasteiger partial charge in [-0.3, -0.25) is 4.79 Å². The molecule has 6 heteroatoms. The molecule has 6 nitrogen and oxygen atoms in total. The fourth-order valence-electron chi connectivity index (χ4n) is 2.26. The number of hydrogen-bond donors (Lipinski definition) is 3. The van der Waals surface area contributed by atoms with E-state index in [0.29, 0.717) is 18.6 Å². The first-order chi connectivity index (χ1) is 11.7. The van der Waals surface area contributed by atoms with Gasteiger partial charge in [0.25, 0.3) is 0 Å². The number of alkyl carbamates (subject to hydrolysis) is 1. The van der Waals surface area contributed by atoms with Gasteiger partial charge in [0.2, 0.25) is 5.91 Å². The molecule has 0 spiro atoms. The third kappa shape index (κ3) is 10.2. The van der Waals surface area contributed by atoms with E-state index in [1.807, 2.05) is 37.3 Å². The summed E-state index contributed by atoms with van der Waals surface area (Å²) in [5.74, 6) is -0.297. The first-order valence-corrected chi connectivity index (χ1v) is 8.52. The predicted molar refractivity (Wildman–Crippen MR) is 98.9 cm³/mol. The molecule has 1 atom stereocenters. The molecule has 138 valence electrons. The van der Waals surface area contributed by atoms with Crippen molar-refractivity contribution in [3.05, 3.63) is 35.9 Å². The number of carbonyl (C=O) groups excluding carboxylic acids is 2. The first kappa shape index (κ1) is 20.7. The standard InChI is InChI=1S/C19H29N3O3/c1-14(12-16(20)11-10-15-8-6-5-7-9-15)22-17(23)13-21-18(24)25-19(2,3)4/h5-9,14,20H,10-13H2,1-4H3,(H,21,24)(H,22,23)/t14-/m1/s1. The summed E-state index contributed by atoms with van der Waals surface area (Å²) >= 11 is 0. The zero-order chi connectivity index (χ0) is 18.9. The van der Waals surface area contributed by atoms with Crippen LogP contribution in [0.3, 0.4) is 0 Å². The number of hydrogen-bond acceptors (Lipinski definition) is 4. The smallest absolute Gasteiger partial charge is 0.408 e. The van der Waals surface area contributed by atoms with Gasteiger partial charge in [0, 0.05) is 18.2 Å². The van der Waals surface area contributed by atoms with Crippen molar-refractivity contribution in [1.29, 1.82) is 5.41 Å². The maximum Gasteiger partial charge on any atom is 0.408 e. The molecule has 0 aliphatic heterocycles. The van der Waals surface area contributed by atoms with Gasteiger partial charge in [-0.15, -0.1) is 0 Å². The molecule has 0 unspecified atom stereocenters. The average Bonchev–Trinajstić information content (AvgIpc) is 2.50. The van der Waals surface area contributed by atoms with Crippen molar-refractivity contribution < 1.29 is 14.3 Å². The molecule has 0 saturated carbocycles. The van der Waals surface area contributed by atoms with Crippen molar-refractivity contribution in [2.24, 2.45) is 0 Å². The van der Waals surface area contributed by atoms with E-state index in [4.69, 9.17) is 10.1 Å². The van der Waals surface area contributed by atoms with Crippen molar-refractivity contribution in [3.8, 4) is 0 Å². The van der Waals surface area contributed by atoms with Crippen LogP contribution >= 0.6 is 0 Å². The Bertz CT molecular complexity index is 579. The fraction of sp³-hybridized carbons (Fsp3) is 0.526. The lowest BCUT2D eigenvalue weighted by atomic mass is 10.0. The minimum atomic E-state index is -0.620. The fourth-order valence-corrected chi connectivity index (χ4v) is 2.26. The van der Waals surface area contributed by atoms with Gasteiger partial charge in [0.05, 0.1) is 0 Å². The monoisotopic (exact) mass is 347 g/mol. The summed E-state index contributed by atoms with van der Waals surface area (Å²) < 4.78 is 5.07. The Morgan fingerprint density at radius 3 is 2.44 bits per heavy atom. The van der Waals surface area contributed by atoms with Gasteiger partial charge >= 0.3 is 6.09 Å². The number of aryl methyl sites for hydroxylation is 1. The second-order valence-corrected chi connectivity index (χ2v) is 7.12. The highest BCUT2D eigenvalue weighted by Gasteiger charge is 2.17. The van der Waals surface area contributed by atoms with Crippen LogP contribution < -0.4 is 10.6 Å². The van der Waals surface area contributed by atoms with Crippen molar-refractivity contribution in [2.45, 2.75) is 58.6 Å². The Labute approximate surface area is 149 Å². The molecular weight excluding hydrogens is 318 g/mol. The minimum Gasteiger partial charge on any atom is -0.444 e. The van der Waals surface area contributed by atoms with E-state index in [9.17, 15) is 9.59 Å². The molecule has 0 aromatic heterocycles. The van der Waals surface area contributed by atoms with Crippen LogP contribution in [-0.2, 0) is 16.0 Å². The van der Waals surface area contributed by atoms with Crippen LogP contribution in [0.5, 0.6) is 0 Å². The summed E-state index contributed by atoms with van der Waals surface area (Å²) in [4.78, 5) is 23.3. The molecule has 0 aliphatic rings. The summed E-state index contributed by atoms with van der Waals surface area (Å²) in [5, 5.41) is 13.2. The van der Waals surface area contributed by atoms with Crippen LogP contribution in [0.15, 0.2) is 30.3 Å². The van der Waals surface area contributed by atoms with E-state index in [-0.39, 0.29) is 18.5 Å². The SMILES string of the molecule is C[C@H](CC(=N)CCc1ccccc1)NC(=O)CNC(=O)OC(C)(C)C. The Hall–Kier alpha value is -2.37. The highest BCUT2D eigenvalue weighted by molar-refractivity contribution is 5.85. The molecular formula is C19H29N3O3. The van der Waals surface area contributed by atoms with Crippen LogP contribution in [-0.4, -0.2) is 35.9 Å². The molecule has 25 heavy (non-hydrogen) atoms. The summed E-state index contributed by atoms with van der Waals surface area (Å²) in [5.41, 5.74) is 1.20. The van der Waals surface area contributed by atoms with E-state index in [2.05, 4.69) is 10.6 Å². The van der Waals surface area contributed by atoms with E-state index in [0.717, 1.165) is 6.42 Å². The lowest BCUT2D eigenvalue weighted by molar-refractivity contribution is -0.120. The molecule has 0 aliphatic carbocycles.